The fourth-order valence-corrected chi connectivity index (χ4v) is 1.20. The lowest BCUT2D eigenvalue weighted by Crippen LogP contribution is -2.27. The Morgan fingerprint density at radius 2 is 2.29 bits per heavy atom. The molecule has 0 fully saturated rings. The number of hydrogen-bond acceptors (Lipinski definition) is 3. The van der Waals surface area contributed by atoms with Crippen LogP contribution in [0.2, 0.25) is 5.15 Å². The van der Waals surface area contributed by atoms with E-state index in [4.69, 9.17) is 20.5 Å². The van der Waals surface area contributed by atoms with Gasteiger partial charge >= 0.3 is 6.09 Å². The van der Waals surface area contributed by atoms with Gasteiger partial charge in [0.2, 0.25) is 0 Å². The van der Waals surface area contributed by atoms with Crippen LogP contribution >= 0.6 is 11.6 Å². The molecule has 0 aliphatic rings. The zero-order valence-electron chi connectivity index (χ0n) is 12.6. The maximum Gasteiger partial charge on any atom is 0.412 e. The Hall–Kier alpha value is -1.36. The summed E-state index contributed by atoms with van der Waals surface area (Å²) in [6.45, 7) is 2.34. The molecule has 0 radical (unpaired) electrons. The van der Waals surface area contributed by atoms with Gasteiger partial charge in [0.15, 0.2) is 11.0 Å². The van der Waals surface area contributed by atoms with Crippen molar-refractivity contribution in [1.82, 2.24) is 4.98 Å². The zero-order chi connectivity index (χ0) is 15.7. The highest BCUT2D eigenvalue weighted by Gasteiger charge is 2.18. The number of halogens is 2. The summed E-state index contributed by atoms with van der Waals surface area (Å²) in [5.41, 5.74) is -1.59. The first-order chi connectivity index (χ1) is 8.90. The minimum atomic E-state index is -2.57. The van der Waals surface area contributed by atoms with Gasteiger partial charge in [0.25, 0.3) is 0 Å². The van der Waals surface area contributed by atoms with Gasteiger partial charge in [-0.25, -0.2) is 14.2 Å². The number of pyridine rings is 1. The molecule has 0 saturated heterocycles. The molecule has 0 aliphatic heterocycles. The summed E-state index contributed by atoms with van der Waals surface area (Å²) in [5, 5.41) is 1.47. The molecular weight excluding hydrogens is 247 g/mol. The van der Waals surface area contributed by atoms with Crippen molar-refractivity contribution in [3.05, 3.63) is 22.7 Å². The first-order valence-electron chi connectivity index (χ1n) is 6.26. The number of nitrogens with zero attached hydrogens (tertiary/aromatic N) is 1. The lowest BCUT2D eigenvalue weighted by atomic mass is 10.2. The van der Waals surface area contributed by atoms with Gasteiger partial charge in [-0.1, -0.05) is 11.6 Å². The number of aryl methyl sites for hydroxylation is 1. The first-order valence-corrected chi connectivity index (χ1v) is 5.14. The third kappa shape index (κ3) is 4.19. The van der Waals surface area contributed by atoms with E-state index < -0.39 is 40.9 Å². The second-order valence-electron chi connectivity index (χ2n) is 4.29. The van der Waals surface area contributed by atoms with Gasteiger partial charge in [-0.3, -0.25) is 5.32 Å². The second-order valence-corrected chi connectivity index (χ2v) is 4.64. The molecule has 1 rings (SSSR count). The number of aromatic nitrogens is 1. The van der Waals surface area contributed by atoms with Gasteiger partial charge in [-0.15, -0.1) is 0 Å². The zero-order valence-corrected chi connectivity index (χ0v) is 10.4. The van der Waals surface area contributed by atoms with Crippen LogP contribution in [0.15, 0.2) is 6.07 Å². The Labute approximate surface area is 108 Å². The molecule has 6 heteroatoms. The molecule has 1 amide bonds. The van der Waals surface area contributed by atoms with Crippen LogP contribution < -0.4 is 5.32 Å². The minimum absolute atomic E-state index is 0.398. The second kappa shape index (κ2) is 4.87. The monoisotopic (exact) mass is 263 g/mol. The molecule has 17 heavy (non-hydrogen) atoms. The number of amides is 1. The van der Waals surface area contributed by atoms with Crippen LogP contribution in [0, 0.1) is 12.7 Å². The number of carbonyl (C=O) groups excluding carboxylic acids is 1. The molecule has 0 bridgehead atoms. The van der Waals surface area contributed by atoms with Crippen molar-refractivity contribution in [2.24, 2.45) is 0 Å². The predicted molar refractivity (Wildman–Crippen MR) is 63.8 cm³/mol. The molecule has 94 valence electrons. The Bertz CT molecular complexity index is 530. The summed E-state index contributed by atoms with van der Waals surface area (Å²) in [6.07, 6.45) is -0.921. The minimum Gasteiger partial charge on any atom is -0.444 e. The highest BCUT2D eigenvalue weighted by Crippen LogP contribution is 2.22. The van der Waals surface area contributed by atoms with Crippen molar-refractivity contribution in [3.63, 3.8) is 0 Å². The molecule has 0 aromatic carbocycles. The van der Waals surface area contributed by atoms with Crippen molar-refractivity contribution >= 4 is 23.4 Å². The maximum atomic E-state index is 13.7. The number of ether oxygens (including phenoxy) is 1. The molecule has 1 heterocycles. The molecule has 0 spiro atoms. The van der Waals surface area contributed by atoms with E-state index in [1.54, 1.807) is 20.8 Å². The van der Waals surface area contributed by atoms with Gasteiger partial charge in [0, 0.05) is 9.81 Å². The Morgan fingerprint density at radius 3 is 2.82 bits per heavy atom. The third-order valence-corrected chi connectivity index (χ3v) is 1.80. The van der Waals surface area contributed by atoms with Crippen LogP contribution in [0.3, 0.4) is 0 Å². The quantitative estimate of drug-likeness (QED) is 0.789. The summed E-state index contributed by atoms with van der Waals surface area (Å²) >= 11 is 5.51. The molecule has 0 aliphatic carbocycles. The van der Waals surface area contributed by atoms with Gasteiger partial charge in [0.1, 0.15) is 5.60 Å². The van der Waals surface area contributed by atoms with Crippen LogP contribution in [-0.2, 0) is 4.74 Å². The van der Waals surface area contributed by atoms with Crippen LogP contribution in [0.5, 0.6) is 0 Å². The van der Waals surface area contributed by atoms with E-state index in [2.05, 4.69) is 10.3 Å². The first kappa shape index (κ1) is 9.65. The lowest BCUT2D eigenvalue weighted by molar-refractivity contribution is 0.0635. The van der Waals surface area contributed by atoms with Crippen molar-refractivity contribution in [1.29, 1.82) is 0 Å². The molecular formula is C11H14ClFN2O2. The highest BCUT2D eigenvalue weighted by molar-refractivity contribution is 6.29. The highest BCUT2D eigenvalue weighted by atomic mass is 35.5. The van der Waals surface area contributed by atoms with Gasteiger partial charge < -0.3 is 4.74 Å². The predicted octanol–water partition coefficient (Wildman–Crippen LogP) is 3.53. The summed E-state index contributed by atoms with van der Waals surface area (Å²) < 4.78 is 40.3. The molecule has 1 N–H and O–H groups in total. The molecule has 1 aromatic heterocycles. The summed E-state index contributed by atoms with van der Waals surface area (Å²) in [7, 11) is 0. The number of carbonyl (C=O) groups is 1. The smallest absolute Gasteiger partial charge is 0.412 e. The van der Waals surface area contributed by atoms with Gasteiger partial charge in [0.05, 0.1) is 5.69 Å². The Kier molecular flexibility index (Phi) is 2.77. The largest absolute Gasteiger partial charge is 0.444 e. The van der Waals surface area contributed by atoms with E-state index in [0.717, 1.165) is 6.07 Å². The Balaban J connectivity index is 3.06. The van der Waals surface area contributed by atoms with E-state index in [1.807, 2.05) is 0 Å². The summed E-state index contributed by atoms with van der Waals surface area (Å²) in [6, 6.07) is 0.901. The summed E-state index contributed by atoms with van der Waals surface area (Å²) in [5.74, 6) is -1.02. The normalized spacial score (nSPS) is 14.5. The fourth-order valence-electron chi connectivity index (χ4n) is 1.00. The number of nitrogens with one attached hydrogen (secondary N) is 1. The van der Waals surface area contributed by atoms with E-state index in [9.17, 15) is 9.18 Å². The van der Waals surface area contributed by atoms with Gasteiger partial charge in [-0.05, 0) is 33.7 Å². The number of anilines is 1. The maximum absolute atomic E-state index is 13.7. The van der Waals surface area contributed by atoms with E-state index >= 15 is 0 Å². The Morgan fingerprint density at radius 1 is 1.65 bits per heavy atom. The molecule has 0 saturated carbocycles. The fraction of sp³-hybridized carbons (Fsp3) is 0.455. The van der Waals surface area contributed by atoms with Crippen molar-refractivity contribution in [3.8, 4) is 0 Å². The van der Waals surface area contributed by atoms with Crippen LogP contribution in [0.25, 0.3) is 0 Å². The van der Waals surface area contributed by atoms with E-state index in [-0.39, 0.29) is 0 Å². The third-order valence-electron chi connectivity index (χ3n) is 1.55. The van der Waals surface area contributed by atoms with E-state index in [0.29, 0.717) is 0 Å². The number of hydrogen-bond donors (Lipinski definition) is 1. The SMILES string of the molecule is [2H]C([2H])([2H])c1cc(NC(=O)OC(C)(C)C)c(F)c(Cl)n1. The molecule has 4 nitrogen and oxygen atoms in total. The lowest BCUT2D eigenvalue weighted by Gasteiger charge is -2.19. The van der Waals surface area contributed by atoms with Crippen molar-refractivity contribution in [2.75, 3.05) is 5.32 Å². The molecule has 0 atom stereocenters. The van der Waals surface area contributed by atoms with Crippen LogP contribution in [0.1, 0.15) is 30.6 Å². The number of rotatable bonds is 1. The average Bonchev–Trinajstić information content (AvgIpc) is 2.20. The van der Waals surface area contributed by atoms with E-state index in [1.165, 1.54) is 0 Å². The standard InChI is InChI=1S/C11H14ClFN2O2/c1-6-5-7(8(13)9(12)14-6)15-10(16)17-11(2,3)4/h5H,1-4H3,(H,14,15,16)/i1D3. The summed E-state index contributed by atoms with van der Waals surface area (Å²) in [4.78, 5) is 15.0. The topological polar surface area (TPSA) is 51.2 Å². The molecule has 0 unspecified atom stereocenters. The van der Waals surface area contributed by atoms with Crippen LogP contribution in [-0.4, -0.2) is 16.7 Å². The van der Waals surface area contributed by atoms with Crippen molar-refractivity contribution < 1.29 is 18.0 Å². The van der Waals surface area contributed by atoms with Crippen molar-refractivity contribution in [2.45, 2.75) is 33.2 Å². The van der Waals surface area contributed by atoms with Crippen LogP contribution in [0.4, 0.5) is 14.9 Å². The van der Waals surface area contributed by atoms with Gasteiger partial charge in [-0.2, -0.15) is 0 Å². The average molecular weight is 264 g/mol. The molecule has 1 aromatic rings.